The van der Waals surface area contributed by atoms with E-state index in [0.29, 0.717) is 0 Å². The Labute approximate surface area is 131 Å². The molecule has 0 aliphatic carbocycles. The maximum atomic E-state index is 11.5. The van der Waals surface area contributed by atoms with Crippen LogP contribution in [-0.4, -0.2) is 54.8 Å². The van der Waals surface area contributed by atoms with Crippen molar-refractivity contribution >= 4 is 23.7 Å². The molecule has 2 saturated heterocycles. The normalized spacial score (nSPS) is 30.7. The minimum absolute atomic E-state index is 0.107. The molecule has 0 aromatic heterocycles. The summed E-state index contributed by atoms with van der Waals surface area (Å²) in [5.41, 5.74) is 10.8. The highest BCUT2D eigenvalue weighted by Crippen LogP contribution is 2.25. The van der Waals surface area contributed by atoms with E-state index in [2.05, 4.69) is 15.0 Å². The summed E-state index contributed by atoms with van der Waals surface area (Å²) in [6.45, 7) is 2.38. The molecule has 0 saturated carbocycles. The van der Waals surface area contributed by atoms with Crippen molar-refractivity contribution in [1.82, 2.24) is 5.32 Å². The predicted octanol–water partition coefficient (Wildman–Crippen LogP) is -2.33. The Hall–Kier alpha value is -2.24. The summed E-state index contributed by atoms with van der Waals surface area (Å²) in [5, 5.41) is 2.39. The number of esters is 3. The number of aliphatic imine (C=N–C) groups is 1. The maximum absolute atomic E-state index is 11.5. The van der Waals surface area contributed by atoms with Crippen molar-refractivity contribution in [1.29, 1.82) is 0 Å². The van der Waals surface area contributed by atoms with Gasteiger partial charge in [0.15, 0.2) is 6.23 Å². The highest BCUT2D eigenvalue weighted by atomic mass is 16.6. The van der Waals surface area contributed by atoms with Crippen molar-refractivity contribution in [3.63, 3.8) is 0 Å². The summed E-state index contributed by atoms with van der Waals surface area (Å²) in [5.74, 6) is -3.87. The number of nitrogens with two attached hydrogens (primary N) is 2. The third-order valence-electron chi connectivity index (χ3n) is 2.99. The minimum Gasteiger partial charge on any atom is -0.463 e. The quantitative estimate of drug-likeness (QED) is 0.289. The van der Waals surface area contributed by atoms with Gasteiger partial charge >= 0.3 is 23.9 Å². The van der Waals surface area contributed by atoms with E-state index >= 15 is 0 Å². The zero-order valence-electron chi connectivity index (χ0n) is 12.6. The van der Waals surface area contributed by atoms with E-state index in [1.54, 1.807) is 0 Å². The van der Waals surface area contributed by atoms with E-state index in [-0.39, 0.29) is 18.9 Å². The molecule has 11 heteroatoms. The zero-order chi connectivity index (χ0) is 17.2. The molecular formula is C12H18N4O7. The van der Waals surface area contributed by atoms with Crippen LogP contribution in [0.15, 0.2) is 4.99 Å². The van der Waals surface area contributed by atoms with Crippen LogP contribution >= 0.6 is 0 Å². The average molecular weight is 330 g/mol. The Balaban J connectivity index is 2.05. The number of nitrogens with one attached hydrogen (secondary N) is 1. The van der Waals surface area contributed by atoms with Crippen molar-refractivity contribution in [3.05, 3.63) is 0 Å². The van der Waals surface area contributed by atoms with Gasteiger partial charge < -0.3 is 24.3 Å². The Morgan fingerprint density at radius 2 is 2.09 bits per heavy atom. The molecule has 0 bridgehead atoms. The molecule has 23 heavy (non-hydrogen) atoms. The molecule has 11 nitrogen and oxygen atoms in total. The van der Waals surface area contributed by atoms with Gasteiger partial charge in [0.25, 0.3) is 0 Å². The van der Waals surface area contributed by atoms with Gasteiger partial charge in [-0.1, -0.05) is 0 Å². The lowest BCUT2D eigenvalue weighted by molar-refractivity contribution is -0.154. The van der Waals surface area contributed by atoms with Gasteiger partial charge in [-0.25, -0.2) is 9.79 Å². The molecule has 0 radical (unpaired) electrons. The Morgan fingerprint density at radius 1 is 1.39 bits per heavy atom. The van der Waals surface area contributed by atoms with Gasteiger partial charge in [-0.2, -0.15) is 0 Å². The number of nitrogens with zero attached hydrogens (tertiary/aromatic N) is 1. The first-order chi connectivity index (χ1) is 10.7. The second kappa shape index (κ2) is 6.48. The van der Waals surface area contributed by atoms with Crippen molar-refractivity contribution < 1.29 is 33.3 Å². The Kier molecular flexibility index (Phi) is 4.82. The molecule has 128 valence electrons. The Morgan fingerprint density at radius 3 is 2.61 bits per heavy atom. The van der Waals surface area contributed by atoms with Crippen LogP contribution in [0, 0.1) is 0 Å². The summed E-state index contributed by atoms with van der Waals surface area (Å²) < 4.78 is 20.1. The standard InChI is InChI=1S/C12H18N4O7/c1-5(17)20-4-8-7(21-6(2)18)3-9(22-8)15-10-11(19)23-12(13,14)16-10/h7-9H,3-4,13-14H2,1-2H3,(H,15,16)/t7-,8+,9+/m0/s1. The maximum Gasteiger partial charge on any atom is 0.378 e. The summed E-state index contributed by atoms with van der Waals surface area (Å²) in [6, 6.07) is 0. The lowest BCUT2D eigenvalue weighted by Crippen LogP contribution is -2.59. The lowest BCUT2D eigenvalue weighted by Gasteiger charge is -2.17. The van der Waals surface area contributed by atoms with E-state index in [0.717, 1.165) is 0 Å². The van der Waals surface area contributed by atoms with E-state index in [1.807, 2.05) is 0 Å². The summed E-state index contributed by atoms with van der Waals surface area (Å²) in [7, 11) is 0. The minimum atomic E-state index is -1.83. The summed E-state index contributed by atoms with van der Waals surface area (Å²) in [6.07, 6.45) is -2.01. The molecule has 0 spiro atoms. The second-order valence-corrected chi connectivity index (χ2v) is 5.10. The summed E-state index contributed by atoms with van der Waals surface area (Å²) >= 11 is 0. The van der Waals surface area contributed by atoms with Gasteiger partial charge in [0.05, 0.1) is 0 Å². The lowest BCUT2D eigenvalue weighted by atomic mass is 10.2. The molecule has 0 unspecified atom stereocenters. The molecule has 0 aromatic carbocycles. The highest BCUT2D eigenvalue weighted by Gasteiger charge is 2.42. The van der Waals surface area contributed by atoms with Gasteiger partial charge in [0.1, 0.15) is 18.8 Å². The SMILES string of the molecule is CC(=O)OC[C@H]1O[C@@H](/N=C2\NC(N)(N)OC2=O)C[C@@H]1OC(C)=O. The van der Waals surface area contributed by atoms with E-state index < -0.39 is 42.3 Å². The number of hydrogen-bond donors (Lipinski definition) is 3. The van der Waals surface area contributed by atoms with E-state index in [9.17, 15) is 14.4 Å². The van der Waals surface area contributed by atoms with Gasteiger partial charge in [-0.3, -0.25) is 21.1 Å². The van der Waals surface area contributed by atoms with Crippen LogP contribution in [0.1, 0.15) is 20.3 Å². The number of rotatable bonds is 4. The highest BCUT2D eigenvalue weighted by molar-refractivity contribution is 6.37. The molecule has 0 aromatic rings. The first-order valence-electron chi connectivity index (χ1n) is 6.79. The third-order valence-corrected chi connectivity index (χ3v) is 2.99. The Bertz CT molecular complexity index is 548. The zero-order valence-corrected chi connectivity index (χ0v) is 12.6. The van der Waals surface area contributed by atoms with Crippen LogP contribution in [0.4, 0.5) is 0 Å². The summed E-state index contributed by atoms with van der Waals surface area (Å²) in [4.78, 5) is 37.6. The number of carbonyl (C=O) groups is 3. The third kappa shape index (κ3) is 4.61. The smallest absolute Gasteiger partial charge is 0.378 e. The largest absolute Gasteiger partial charge is 0.463 e. The van der Waals surface area contributed by atoms with Gasteiger partial charge in [0.2, 0.25) is 5.84 Å². The fraction of sp³-hybridized carbons (Fsp3) is 0.667. The monoisotopic (exact) mass is 330 g/mol. The van der Waals surface area contributed by atoms with Crippen LogP contribution in [0.2, 0.25) is 0 Å². The van der Waals surface area contributed by atoms with Crippen LogP contribution in [0.3, 0.4) is 0 Å². The molecule has 2 rings (SSSR count). The first kappa shape index (κ1) is 17.1. The van der Waals surface area contributed by atoms with Gasteiger partial charge in [0, 0.05) is 20.3 Å². The number of cyclic esters (lactones) is 1. The van der Waals surface area contributed by atoms with E-state index in [1.165, 1.54) is 13.8 Å². The average Bonchev–Trinajstić information content (AvgIpc) is 2.87. The number of carbonyl (C=O) groups excluding carboxylic acids is 3. The molecule has 2 heterocycles. The molecule has 2 aliphatic rings. The van der Waals surface area contributed by atoms with Crippen LogP contribution < -0.4 is 16.8 Å². The molecule has 0 amide bonds. The van der Waals surface area contributed by atoms with Crippen LogP contribution in [0.25, 0.3) is 0 Å². The molecule has 5 N–H and O–H groups in total. The van der Waals surface area contributed by atoms with Crippen LogP contribution in [-0.2, 0) is 33.3 Å². The fourth-order valence-corrected chi connectivity index (χ4v) is 2.15. The molecule has 2 fully saturated rings. The van der Waals surface area contributed by atoms with Crippen molar-refractivity contribution in [2.24, 2.45) is 16.5 Å². The number of hydrogen-bond acceptors (Lipinski definition) is 10. The fourth-order valence-electron chi connectivity index (χ4n) is 2.15. The number of ether oxygens (including phenoxy) is 4. The van der Waals surface area contributed by atoms with Crippen LogP contribution in [0.5, 0.6) is 0 Å². The molecule has 2 aliphatic heterocycles. The topological polar surface area (TPSA) is 165 Å². The van der Waals surface area contributed by atoms with Crippen molar-refractivity contribution in [2.75, 3.05) is 6.61 Å². The predicted molar refractivity (Wildman–Crippen MR) is 73.2 cm³/mol. The molecule has 3 atom stereocenters. The van der Waals surface area contributed by atoms with Gasteiger partial charge in [-0.15, -0.1) is 0 Å². The molecular weight excluding hydrogens is 312 g/mol. The van der Waals surface area contributed by atoms with E-state index in [4.69, 9.17) is 25.7 Å². The van der Waals surface area contributed by atoms with Crippen molar-refractivity contribution in [3.8, 4) is 0 Å². The van der Waals surface area contributed by atoms with Gasteiger partial charge in [-0.05, 0) is 0 Å². The first-order valence-corrected chi connectivity index (χ1v) is 6.79. The second-order valence-electron chi connectivity index (χ2n) is 5.10. The van der Waals surface area contributed by atoms with Crippen molar-refractivity contribution in [2.45, 2.75) is 44.7 Å². The number of amidine groups is 1.